The van der Waals surface area contributed by atoms with Crippen molar-refractivity contribution in [1.29, 1.82) is 0 Å². The summed E-state index contributed by atoms with van der Waals surface area (Å²) < 4.78 is 48.4. The lowest BCUT2D eigenvalue weighted by atomic mass is 9.84. The van der Waals surface area contributed by atoms with E-state index in [4.69, 9.17) is 35.4 Å². The maximum atomic E-state index is 15.1. The molecule has 0 saturated heterocycles. The summed E-state index contributed by atoms with van der Waals surface area (Å²) in [5.74, 6) is -1.22. The van der Waals surface area contributed by atoms with Crippen LogP contribution >= 0.6 is 0 Å². The van der Waals surface area contributed by atoms with Gasteiger partial charge in [-0.05, 0) is 42.1 Å². The van der Waals surface area contributed by atoms with Crippen molar-refractivity contribution in [2.24, 2.45) is 11.1 Å². The lowest BCUT2D eigenvalue weighted by Crippen LogP contribution is -2.47. The van der Waals surface area contributed by atoms with Gasteiger partial charge in [0.15, 0.2) is 0 Å². The molecule has 5 N–H and O–H groups in total. The van der Waals surface area contributed by atoms with Crippen LogP contribution in [0.4, 0.5) is 14.5 Å². The minimum Gasteiger partial charge on any atom is -0.399 e. The second-order valence-electron chi connectivity index (χ2n) is 14.5. The zero-order valence-corrected chi connectivity index (χ0v) is 34.5. The van der Waals surface area contributed by atoms with E-state index in [0.717, 1.165) is 10.5 Å². The van der Waals surface area contributed by atoms with Crippen LogP contribution in [0.2, 0.25) is 0 Å². The Morgan fingerprint density at radius 1 is 0.881 bits per heavy atom. The predicted octanol–water partition coefficient (Wildman–Crippen LogP) is 3.67. The topological polar surface area (TPSA) is 194 Å². The number of alkyl halides is 1. The van der Waals surface area contributed by atoms with Crippen molar-refractivity contribution in [3.63, 3.8) is 0 Å². The summed E-state index contributed by atoms with van der Waals surface area (Å²) in [6, 6.07) is 13.6. The number of imidazole rings is 1. The highest BCUT2D eigenvalue weighted by atomic mass is 19.1. The Hall–Kier alpha value is -5.07. The summed E-state index contributed by atoms with van der Waals surface area (Å²) >= 11 is 0. The lowest BCUT2D eigenvalue weighted by Gasteiger charge is -2.40. The Labute approximate surface area is 345 Å². The molecule has 0 aliphatic carbocycles. The molecule has 2 aromatic carbocycles. The largest absolute Gasteiger partial charge is 0.399 e. The molecular weight excluding hydrogens is 768 g/mol. The van der Waals surface area contributed by atoms with Crippen molar-refractivity contribution in [3.8, 4) is 11.3 Å². The van der Waals surface area contributed by atoms with Gasteiger partial charge in [-0.3, -0.25) is 28.5 Å². The Kier molecular flexibility index (Phi) is 20.8. The van der Waals surface area contributed by atoms with Crippen LogP contribution in [0, 0.1) is 11.2 Å². The molecule has 0 bridgehead atoms. The highest BCUT2D eigenvalue weighted by Gasteiger charge is 2.38. The van der Waals surface area contributed by atoms with E-state index in [-0.39, 0.29) is 68.5 Å². The molecule has 1 atom stereocenters. The third-order valence-corrected chi connectivity index (χ3v) is 8.96. The molecule has 1 aromatic heterocycles. The average Bonchev–Trinajstić information content (AvgIpc) is 3.77. The van der Waals surface area contributed by atoms with Crippen molar-refractivity contribution in [1.82, 2.24) is 24.7 Å². The maximum absolute atomic E-state index is 15.1. The number of amides is 4. The quantitative estimate of drug-likeness (QED) is 0.0642. The van der Waals surface area contributed by atoms with Crippen LogP contribution < -0.4 is 16.8 Å². The minimum absolute atomic E-state index is 0.0507. The highest BCUT2D eigenvalue weighted by molar-refractivity contribution is 6.12. The highest BCUT2D eigenvalue weighted by Crippen LogP contribution is 2.39. The first-order chi connectivity index (χ1) is 28.4. The molecule has 4 rings (SSSR count). The van der Waals surface area contributed by atoms with Crippen LogP contribution in [0.15, 0.2) is 66.9 Å². The number of rotatable bonds is 25. The molecule has 3 aromatic rings. The van der Waals surface area contributed by atoms with Crippen molar-refractivity contribution < 1.29 is 46.9 Å². The van der Waals surface area contributed by atoms with Gasteiger partial charge in [0.2, 0.25) is 11.8 Å². The van der Waals surface area contributed by atoms with Crippen molar-refractivity contribution in [2.45, 2.75) is 46.2 Å². The Bertz CT molecular complexity index is 1780. The van der Waals surface area contributed by atoms with Crippen molar-refractivity contribution in [3.05, 3.63) is 84.1 Å². The number of nitrogens with two attached hydrogens (primary N) is 2. The van der Waals surface area contributed by atoms with Crippen LogP contribution in [-0.2, 0) is 44.7 Å². The maximum Gasteiger partial charge on any atom is 0.253 e. The third-order valence-electron chi connectivity index (χ3n) is 8.96. The van der Waals surface area contributed by atoms with E-state index >= 15 is 4.39 Å². The predicted molar refractivity (Wildman–Crippen MR) is 219 cm³/mol. The molecule has 0 radical (unpaired) electrons. The van der Waals surface area contributed by atoms with E-state index in [1.54, 1.807) is 17.2 Å². The molecule has 1 aliphatic rings. The fraction of sp³-hybridized carbons (Fsp3) is 0.500. The molecule has 59 heavy (non-hydrogen) atoms. The SMILES string of the molecule is CC(C)(C)C(c1nc(-c2cc(N)ccc2F)cn1Cc1ccccc1)N(CCCN)C(=O)CNC(=O)CCOCCOCCOCCOCCN1C(=O)C=CC1=O.CF. The molecule has 2 heterocycles. The molecule has 1 aliphatic heterocycles. The number of nitrogens with one attached hydrogen (secondary N) is 1. The van der Waals surface area contributed by atoms with Crippen molar-refractivity contribution in [2.75, 3.05) is 91.9 Å². The summed E-state index contributed by atoms with van der Waals surface area (Å²) in [6.07, 6.45) is 4.83. The first-order valence-electron chi connectivity index (χ1n) is 19.5. The van der Waals surface area contributed by atoms with Gasteiger partial charge >= 0.3 is 0 Å². The number of benzene rings is 2. The fourth-order valence-electron chi connectivity index (χ4n) is 6.18. The second kappa shape index (κ2) is 25.4. The van der Waals surface area contributed by atoms with Gasteiger partial charge in [0.25, 0.3) is 11.8 Å². The number of hydrogen-bond donors (Lipinski definition) is 3. The monoisotopic (exact) mass is 827 g/mol. The Morgan fingerprint density at radius 3 is 2.07 bits per heavy atom. The van der Waals surface area contributed by atoms with Gasteiger partial charge in [-0.25, -0.2) is 9.37 Å². The van der Waals surface area contributed by atoms with E-state index in [1.165, 1.54) is 24.3 Å². The van der Waals surface area contributed by atoms with Crippen LogP contribution in [-0.4, -0.2) is 129 Å². The van der Waals surface area contributed by atoms with Crippen LogP contribution in [0.5, 0.6) is 0 Å². The van der Waals surface area contributed by atoms with Gasteiger partial charge in [0, 0.05) is 49.1 Å². The molecule has 0 spiro atoms. The summed E-state index contributed by atoms with van der Waals surface area (Å²) in [4.78, 5) is 57.5. The summed E-state index contributed by atoms with van der Waals surface area (Å²) in [7, 11) is 0.500. The zero-order chi connectivity index (χ0) is 43.2. The molecule has 1 unspecified atom stereocenters. The van der Waals surface area contributed by atoms with E-state index in [9.17, 15) is 23.6 Å². The summed E-state index contributed by atoms with van der Waals surface area (Å²) in [6.45, 7) is 9.39. The van der Waals surface area contributed by atoms with Crippen molar-refractivity contribution >= 4 is 29.3 Å². The number of nitrogens with zero attached hydrogens (tertiary/aromatic N) is 4. The standard InChI is InChI=1S/C41H56FN7O8.CH3F/c1-41(2,3)39(40-46-34(32-26-31(44)10-11-33(32)42)29-47(40)28-30-8-5-4-6-9-30)49(16-7-15-43)38(53)27-45-35(50)14-18-54-20-22-56-24-25-57-23-21-55-19-17-48-36(51)12-13-37(48)52;1-2/h4-6,8-13,26,29,39H,7,14-25,27-28,43-44H2,1-3H3,(H,45,50);1H3. The molecule has 0 fully saturated rings. The number of carbonyl (C=O) groups excluding carboxylic acids is 4. The minimum atomic E-state index is -0.569. The fourth-order valence-corrected chi connectivity index (χ4v) is 6.18. The lowest BCUT2D eigenvalue weighted by molar-refractivity contribution is -0.138. The van der Waals surface area contributed by atoms with E-state index in [2.05, 4.69) is 5.32 Å². The number of nitrogen functional groups attached to an aromatic ring is 1. The molecule has 4 amide bonds. The Balaban J connectivity index is 0.00000458. The number of anilines is 1. The second-order valence-corrected chi connectivity index (χ2v) is 14.5. The van der Waals surface area contributed by atoms with Gasteiger partial charge in [0.05, 0.1) is 84.9 Å². The van der Waals surface area contributed by atoms with E-state index in [1.807, 2.05) is 55.7 Å². The number of hydrogen-bond acceptors (Lipinski definition) is 11. The number of aromatic nitrogens is 2. The molecule has 17 heteroatoms. The first-order valence-corrected chi connectivity index (χ1v) is 19.5. The van der Waals surface area contributed by atoms with Crippen LogP contribution in [0.1, 0.15) is 51.0 Å². The van der Waals surface area contributed by atoms with Gasteiger partial charge in [-0.15, -0.1) is 0 Å². The summed E-state index contributed by atoms with van der Waals surface area (Å²) in [5, 5.41) is 2.73. The van der Waals surface area contributed by atoms with E-state index in [0.29, 0.717) is 83.5 Å². The third kappa shape index (κ3) is 15.9. The zero-order valence-electron chi connectivity index (χ0n) is 34.5. The molecule has 15 nitrogen and oxygen atoms in total. The van der Waals surface area contributed by atoms with Gasteiger partial charge < -0.3 is 45.2 Å². The molecule has 0 saturated carbocycles. The molecular formula is C42H59F2N7O8. The first kappa shape index (κ1) is 48.3. The number of imide groups is 1. The normalized spacial score (nSPS) is 13.0. The summed E-state index contributed by atoms with van der Waals surface area (Å²) in [5.41, 5.74) is 13.5. The molecule has 324 valence electrons. The Morgan fingerprint density at radius 2 is 1.47 bits per heavy atom. The van der Waals surface area contributed by atoms with Crippen LogP contribution in [0.25, 0.3) is 11.3 Å². The number of halogens is 2. The number of carbonyl (C=O) groups is 4. The number of ether oxygens (including phenoxy) is 4. The van der Waals surface area contributed by atoms with Crippen LogP contribution in [0.3, 0.4) is 0 Å². The van der Waals surface area contributed by atoms with E-state index < -0.39 is 17.3 Å². The van der Waals surface area contributed by atoms with Gasteiger partial charge in [-0.1, -0.05) is 51.1 Å². The van der Waals surface area contributed by atoms with Gasteiger partial charge in [0.1, 0.15) is 11.6 Å². The average molecular weight is 828 g/mol. The van der Waals surface area contributed by atoms with Gasteiger partial charge in [-0.2, -0.15) is 0 Å². The smallest absolute Gasteiger partial charge is 0.253 e.